The molecule has 0 atom stereocenters. The van der Waals surface area contributed by atoms with Crippen molar-refractivity contribution in [1.29, 1.82) is 0 Å². The summed E-state index contributed by atoms with van der Waals surface area (Å²) >= 11 is 0. The second kappa shape index (κ2) is 6.03. The summed E-state index contributed by atoms with van der Waals surface area (Å²) in [5, 5.41) is 0. The zero-order valence-electron chi connectivity index (χ0n) is 11.2. The second-order valence-corrected chi connectivity index (χ2v) is 6.78. The minimum Gasteiger partial charge on any atom is -0.303 e. The zero-order valence-corrected chi connectivity index (χ0v) is 12.1. The molecule has 0 amide bonds. The first-order valence-electron chi connectivity index (χ1n) is 6.71. The molecule has 5 heteroatoms. The van der Waals surface area contributed by atoms with Gasteiger partial charge in [0.2, 0.25) is 0 Å². The third-order valence-electron chi connectivity index (χ3n) is 3.88. The molecule has 0 saturated carbocycles. The summed E-state index contributed by atoms with van der Waals surface area (Å²) in [6.45, 7) is 6.02. The number of benzene rings is 1. The summed E-state index contributed by atoms with van der Waals surface area (Å²) in [6, 6.07) is 5.99. The third-order valence-corrected chi connectivity index (χ3v) is 4.75. The first-order valence-corrected chi connectivity index (χ1v) is 8.15. The van der Waals surface area contributed by atoms with Crippen LogP contribution in [0.1, 0.15) is 24.8 Å². The summed E-state index contributed by atoms with van der Waals surface area (Å²) in [5.74, 6) is 1.11. The maximum atomic E-state index is 10.5. The fraction of sp³-hybridized carbons (Fsp3) is 0.571. The topological polar surface area (TPSA) is 57.6 Å². The monoisotopic (exact) mass is 283 g/mol. The standard InChI is InChI=1S/C7H13N.C7H8O3S/c1-4-8-5-2-7(1)3-6-8;1-6-2-4-7(5-3-6)11(8,9)10/h7H,1-6H2;2-5H,1H3,(H,8,9,10). The third kappa shape index (κ3) is 4.30. The van der Waals surface area contributed by atoms with E-state index in [1.807, 2.05) is 6.92 Å². The normalized spacial score (nSPS) is 25.6. The molecular formula is C14H21NO3S. The van der Waals surface area contributed by atoms with Gasteiger partial charge in [0.05, 0.1) is 4.90 Å². The van der Waals surface area contributed by atoms with Crippen molar-refractivity contribution in [3.8, 4) is 0 Å². The van der Waals surface area contributed by atoms with Crippen molar-refractivity contribution in [1.82, 2.24) is 4.90 Å². The molecule has 0 unspecified atom stereocenters. The van der Waals surface area contributed by atoms with Crippen molar-refractivity contribution >= 4 is 10.1 Å². The molecule has 0 spiro atoms. The Kier molecular flexibility index (Phi) is 4.60. The van der Waals surface area contributed by atoms with Gasteiger partial charge in [-0.2, -0.15) is 8.42 Å². The Balaban J connectivity index is 0.000000146. The molecule has 106 valence electrons. The van der Waals surface area contributed by atoms with E-state index in [2.05, 4.69) is 4.90 Å². The summed E-state index contributed by atoms with van der Waals surface area (Å²) in [4.78, 5) is 2.52. The van der Waals surface area contributed by atoms with E-state index in [4.69, 9.17) is 4.55 Å². The molecule has 3 aliphatic rings. The largest absolute Gasteiger partial charge is 0.303 e. The Labute approximate surface area is 115 Å². The van der Waals surface area contributed by atoms with Gasteiger partial charge in [0.15, 0.2) is 0 Å². The highest BCUT2D eigenvalue weighted by atomic mass is 32.2. The van der Waals surface area contributed by atoms with Gasteiger partial charge in [0.1, 0.15) is 0 Å². The lowest BCUT2D eigenvalue weighted by molar-refractivity contribution is 0.111. The summed E-state index contributed by atoms with van der Waals surface area (Å²) in [6.07, 6.45) is 4.46. The highest BCUT2D eigenvalue weighted by Crippen LogP contribution is 2.26. The van der Waals surface area contributed by atoms with E-state index in [1.54, 1.807) is 12.1 Å². The molecule has 3 heterocycles. The van der Waals surface area contributed by atoms with E-state index < -0.39 is 10.1 Å². The van der Waals surface area contributed by atoms with E-state index in [-0.39, 0.29) is 4.90 Å². The molecule has 1 aromatic rings. The molecule has 3 fully saturated rings. The van der Waals surface area contributed by atoms with Gasteiger partial charge in [-0.25, -0.2) is 0 Å². The van der Waals surface area contributed by atoms with Crippen molar-refractivity contribution in [3.63, 3.8) is 0 Å². The molecular weight excluding hydrogens is 262 g/mol. The molecule has 0 radical (unpaired) electrons. The van der Waals surface area contributed by atoms with E-state index in [9.17, 15) is 8.42 Å². The van der Waals surface area contributed by atoms with Crippen LogP contribution in [0.4, 0.5) is 0 Å². The Morgan fingerprint density at radius 3 is 1.79 bits per heavy atom. The van der Waals surface area contributed by atoms with Crippen LogP contribution in [0.3, 0.4) is 0 Å². The average molecular weight is 283 g/mol. The number of nitrogens with zero attached hydrogens (tertiary/aromatic N) is 1. The Bertz CT molecular complexity index is 479. The van der Waals surface area contributed by atoms with Crippen molar-refractivity contribution in [2.24, 2.45) is 5.92 Å². The quantitative estimate of drug-likeness (QED) is 0.804. The number of piperidine rings is 3. The first-order chi connectivity index (χ1) is 8.95. The van der Waals surface area contributed by atoms with Crippen LogP contribution < -0.4 is 0 Å². The highest BCUT2D eigenvalue weighted by Gasteiger charge is 2.24. The number of fused-ring (bicyclic) bond motifs is 3. The minimum absolute atomic E-state index is 0.0666. The second-order valence-electron chi connectivity index (χ2n) is 5.36. The van der Waals surface area contributed by atoms with E-state index in [0.29, 0.717) is 0 Å². The Hall–Kier alpha value is -0.910. The van der Waals surface area contributed by atoms with Gasteiger partial charge in [-0.1, -0.05) is 17.7 Å². The van der Waals surface area contributed by atoms with Gasteiger partial charge in [0, 0.05) is 0 Å². The van der Waals surface area contributed by atoms with Crippen molar-refractivity contribution < 1.29 is 13.0 Å². The molecule has 3 aliphatic heterocycles. The van der Waals surface area contributed by atoms with Gasteiger partial charge < -0.3 is 4.90 Å². The smallest absolute Gasteiger partial charge is 0.294 e. The van der Waals surface area contributed by atoms with E-state index in [0.717, 1.165) is 11.5 Å². The van der Waals surface area contributed by atoms with Crippen LogP contribution in [0.25, 0.3) is 0 Å². The van der Waals surface area contributed by atoms with Crippen molar-refractivity contribution in [2.75, 3.05) is 19.6 Å². The zero-order chi connectivity index (χ0) is 13.9. The molecule has 2 bridgehead atoms. The van der Waals surface area contributed by atoms with Crippen LogP contribution in [0.15, 0.2) is 29.2 Å². The van der Waals surface area contributed by atoms with Crippen LogP contribution in [0.5, 0.6) is 0 Å². The minimum atomic E-state index is -4.02. The number of rotatable bonds is 1. The number of aryl methyl sites for hydroxylation is 1. The maximum Gasteiger partial charge on any atom is 0.294 e. The maximum absolute atomic E-state index is 10.5. The molecule has 0 aliphatic carbocycles. The van der Waals surface area contributed by atoms with Gasteiger partial charge in [0.25, 0.3) is 10.1 Å². The molecule has 1 N–H and O–H groups in total. The lowest BCUT2D eigenvalue weighted by Crippen LogP contribution is -2.41. The molecule has 4 nitrogen and oxygen atoms in total. The number of hydrogen-bond acceptors (Lipinski definition) is 3. The highest BCUT2D eigenvalue weighted by molar-refractivity contribution is 7.85. The van der Waals surface area contributed by atoms with Crippen LogP contribution in [0, 0.1) is 12.8 Å². The van der Waals surface area contributed by atoms with Gasteiger partial charge in [-0.3, -0.25) is 4.55 Å². The molecule has 3 saturated heterocycles. The molecule has 4 rings (SSSR count). The molecule has 19 heavy (non-hydrogen) atoms. The van der Waals surface area contributed by atoms with Gasteiger partial charge in [-0.05, 0) is 63.9 Å². The SMILES string of the molecule is C1CN2CCC1CC2.Cc1ccc(S(=O)(=O)O)cc1. The van der Waals surface area contributed by atoms with Gasteiger partial charge >= 0.3 is 0 Å². The first kappa shape index (κ1) is 14.5. The number of hydrogen-bond donors (Lipinski definition) is 1. The average Bonchev–Trinajstić information content (AvgIpc) is 2.41. The predicted octanol–water partition coefficient (Wildman–Crippen LogP) is 2.34. The van der Waals surface area contributed by atoms with Gasteiger partial charge in [-0.15, -0.1) is 0 Å². The molecule has 0 aromatic heterocycles. The van der Waals surface area contributed by atoms with E-state index >= 15 is 0 Å². The van der Waals surface area contributed by atoms with Crippen molar-refractivity contribution in [2.45, 2.75) is 31.1 Å². The Morgan fingerprint density at radius 1 is 1.05 bits per heavy atom. The van der Waals surface area contributed by atoms with Crippen LogP contribution in [-0.4, -0.2) is 37.5 Å². The lowest BCUT2D eigenvalue weighted by Gasteiger charge is -2.38. The predicted molar refractivity (Wildman–Crippen MR) is 74.8 cm³/mol. The summed E-state index contributed by atoms with van der Waals surface area (Å²) in [7, 11) is -4.02. The van der Waals surface area contributed by atoms with E-state index in [1.165, 1.54) is 51.0 Å². The van der Waals surface area contributed by atoms with Crippen LogP contribution in [-0.2, 0) is 10.1 Å². The van der Waals surface area contributed by atoms with Crippen molar-refractivity contribution in [3.05, 3.63) is 29.8 Å². The Morgan fingerprint density at radius 2 is 1.53 bits per heavy atom. The van der Waals surface area contributed by atoms with Crippen LogP contribution >= 0.6 is 0 Å². The summed E-state index contributed by atoms with van der Waals surface area (Å²) < 4.78 is 29.6. The lowest BCUT2D eigenvalue weighted by atomic mass is 9.89. The fourth-order valence-electron chi connectivity index (χ4n) is 2.57. The molecule has 1 aromatic carbocycles. The van der Waals surface area contributed by atoms with Crippen LogP contribution in [0.2, 0.25) is 0 Å². The fourth-order valence-corrected chi connectivity index (χ4v) is 3.05. The summed E-state index contributed by atoms with van der Waals surface area (Å²) in [5.41, 5.74) is 0.956.